The molecule has 0 radical (unpaired) electrons. The van der Waals surface area contributed by atoms with E-state index in [9.17, 15) is 13.2 Å². The lowest BCUT2D eigenvalue weighted by Gasteiger charge is -2.42. The molecular weight excluding hydrogens is 276 g/mol. The van der Waals surface area contributed by atoms with Gasteiger partial charge in [0, 0.05) is 19.0 Å². The molecule has 0 aromatic heterocycles. The van der Waals surface area contributed by atoms with Crippen LogP contribution in [-0.2, 0) is 14.6 Å². The number of nitrogens with zero attached hydrogens (tertiary/aromatic N) is 2. The van der Waals surface area contributed by atoms with Crippen molar-refractivity contribution < 1.29 is 13.2 Å². The van der Waals surface area contributed by atoms with Crippen LogP contribution in [-0.4, -0.2) is 68.4 Å². The van der Waals surface area contributed by atoms with Crippen molar-refractivity contribution in [2.45, 2.75) is 31.9 Å². The van der Waals surface area contributed by atoms with Gasteiger partial charge in [-0.15, -0.1) is 0 Å². The molecule has 0 atom stereocenters. The van der Waals surface area contributed by atoms with Gasteiger partial charge in [0.1, 0.15) is 0 Å². The smallest absolute Gasteiger partial charge is 0.225 e. The van der Waals surface area contributed by atoms with E-state index in [0.29, 0.717) is 13.1 Å². The molecule has 0 aromatic rings. The van der Waals surface area contributed by atoms with Crippen molar-refractivity contribution in [3.05, 3.63) is 0 Å². The van der Waals surface area contributed by atoms with Crippen molar-refractivity contribution in [1.29, 1.82) is 0 Å². The summed E-state index contributed by atoms with van der Waals surface area (Å²) in [6.07, 6.45) is 1.80. The first-order valence-electron chi connectivity index (χ1n) is 7.48. The van der Waals surface area contributed by atoms with E-state index in [1.807, 2.05) is 13.8 Å². The van der Waals surface area contributed by atoms with Crippen molar-refractivity contribution in [1.82, 2.24) is 9.80 Å². The Kier molecular flexibility index (Phi) is 4.74. The van der Waals surface area contributed by atoms with Crippen molar-refractivity contribution in [2.75, 3.05) is 39.0 Å². The molecule has 6 heteroatoms. The number of carbonyl (C=O) groups is 1. The van der Waals surface area contributed by atoms with Crippen molar-refractivity contribution in [3.8, 4) is 0 Å². The average Bonchev–Trinajstić information content (AvgIpc) is 2.25. The highest BCUT2D eigenvalue weighted by atomic mass is 32.2. The summed E-state index contributed by atoms with van der Waals surface area (Å²) < 4.78 is 24.1. The van der Waals surface area contributed by atoms with E-state index in [1.165, 1.54) is 0 Å². The third-order valence-electron chi connectivity index (χ3n) is 4.30. The van der Waals surface area contributed by atoms with Gasteiger partial charge >= 0.3 is 0 Å². The highest BCUT2D eigenvalue weighted by Crippen LogP contribution is 2.25. The Labute approximate surface area is 122 Å². The standard InChI is InChI=1S/C14H26N2O3S/c1-11(2)10-20(18,19)13-8-16(9-13)14(17)12-4-6-15(3)7-5-12/h11-13H,4-10H2,1-3H3. The van der Waals surface area contributed by atoms with Crippen LogP contribution in [0.15, 0.2) is 0 Å². The van der Waals surface area contributed by atoms with Crippen LogP contribution in [0.25, 0.3) is 0 Å². The first-order chi connectivity index (χ1) is 9.29. The molecule has 0 N–H and O–H groups in total. The average molecular weight is 302 g/mol. The quantitative estimate of drug-likeness (QED) is 0.763. The highest BCUT2D eigenvalue weighted by molar-refractivity contribution is 7.92. The van der Waals surface area contributed by atoms with Crippen LogP contribution >= 0.6 is 0 Å². The van der Waals surface area contributed by atoms with Gasteiger partial charge in [0.25, 0.3) is 0 Å². The van der Waals surface area contributed by atoms with Crippen LogP contribution < -0.4 is 0 Å². The molecule has 2 saturated heterocycles. The topological polar surface area (TPSA) is 57.7 Å². The third kappa shape index (κ3) is 3.52. The molecule has 0 aromatic carbocycles. The molecule has 1 amide bonds. The Balaban J connectivity index is 1.82. The Bertz CT molecular complexity index is 447. The van der Waals surface area contributed by atoms with E-state index < -0.39 is 9.84 Å². The minimum Gasteiger partial charge on any atom is -0.340 e. The van der Waals surface area contributed by atoms with Gasteiger partial charge in [-0.2, -0.15) is 0 Å². The van der Waals surface area contributed by atoms with Crippen molar-refractivity contribution >= 4 is 15.7 Å². The van der Waals surface area contributed by atoms with E-state index in [4.69, 9.17) is 0 Å². The molecule has 116 valence electrons. The zero-order valence-corrected chi connectivity index (χ0v) is 13.5. The summed E-state index contributed by atoms with van der Waals surface area (Å²) in [4.78, 5) is 16.3. The van der Waals surface area contributed by atoms with Crippen molar-refractivity contribution in [3.63, 3.8) is 0 Å². The molecule has 0 spiro atoms. The maximum Gasteiger partial charge on any atom is 0.225 e. The number of hydrogen-bond donors (Lipinski definition) is 0. The lowest BCUT2D eigenvalue weighted by Crippen LogP contribution is -2.59. The summed E-state index contributed by atoms with van der Waals surface area (Å²) in [6.45, 7) is 6.55. The highest BCUT2D eigenvalue weighted by Gasteiger charge is 2.41. The molecule has 0 aliphatic carbocycles. The van der Waals surface area contributed by atoms with Crippen LogP contribution in [0.5, 0.6) is 0 Å². The summed E-state index contributed by atoms with van der Waals surface area (Å²) in [5.74, 6) is 0.640. The first kappa shape index (κ1) is 15.8. The largest absolute Gasteiger partial charge is 0.340 e. The summed E-state index contributed by atoms with van der Waals surface area (Å²) in [5.41, 5.74) is 0. The molecule has 0 saturated carbocycles. The number of likely N-dealkylation sites (tertiary alicyclic amines) is 2. The fraction of sp³-hybridized carbons (Fsp3) is 0.929. The molecule has 20 heavy (non-hydrogen) atoms. The second kappa shape index (κ2) is 6.02. The number of piperidine rings is 1. The Morgan fingerprint density at radius 3 is 2.25 bits per heavy atom. The zero-order valence-electron chi connectivity index (χ0n) is 12.7. The molecule has 0 bridgehead atoms. The van der Waals surface area contributed by atoms with Crippen LogP contribution in [0, 0.1) is 11.8 Å². The number of hydrogen-bond acceptors (Lipinski definition) is 4. The Morgan fingerprint density at radius 2 is 1.75 bits per heavy atom. The van der Waals surface area contributed by atoms with Gasteiger partial charge in [0.15, 0.2) is 9.84 Å². The second-order valence-electron chi connectivity index (χ2n) is 6.67. The number of sulfone groups is 1. The normalized spacial score (nSPS) is 23.1. The van der Waals surface area contributed by atoms with Gasteiger partial charge in [-0.3, -0.25) is 4.79 Å². The van der Waals surface area contributed by atoms with Gasteiger partial charge in [-0.25, -0.2) is 8.42 Å². The minimum atomic E-state index is -3.03. The van der Waals surface area contributed by atoms with Crippen LogP contribution in [0.4, 0.5) is 0 Å². The molecular formula is C14H26N2O3S. The van der Waals surface area contributed by atoms with Crippen LogP contribution in [0.1, 0.15) is 26.7 Å². The van der Waals surface area contributed by atoms with Crippen LogP contribution in [0.3, 0.4) is 0 Å². The number of carbonyl (C=O) groups excluding carboxylic acids is 1. The van der Waals surface area contributed by atoms with Gasteiger partial charge < -0.3 is 9.80 Å². The van der Waals surface area contributed by atoms with E-state index in [0.717, 1.165) is 25.9 Å². The predicted molar refractivity (Wildman–Crippen MR) is 79.2 cm³/mol. The Morgan fingerprint density at radius 1 is 1.20 bits per heavy atom. The molecule has 0 unspecified atom stereocenters. The first-order valence-corrected chi connectivity index (χ1v) is 9.20. The van der Waals surface area contributed by atoms with Gasteiger partial charge in [0.05, 0.1) is 11.0 Å². The van der Waals surface area contributed by atoms with E-state index >= 15 is 0 Å². The van der Waals surface area contributed by atoms with Crippen LogP contribution in [0.2, 0.25) is 0 Å². The summed E-state index contributed by atoms with van der Waals surface area (Å²) in [5, 5.41) is -0.333. The monoisotopic (exact) mass is 302 g/mol. The lowest BCUT2D eigenvalue weighted by atomic mass is 9.94. The molecule has 5 nitrogen and oxygen atoms in total. The lowest BCUT2D eigenvalue weighted by molar-refractivity contribution is -0.140. The van der Waals surface area contributed by atoms with Gasteiger partial charge in [-0.1, -0.05) is 13.8 Å². The molecule has 2 aliphatic heterocycles. The number of amides is 1. The second-order valence-corrected chi connectivity index (χ2v) is 8.99. The molecule has 2 rings (SSSR count). The van der Waals surface area contributed by atoms with Gasteiger partial charge in [0.2, 0.25) is 5.91 Å². The van der Waals surface area contributed by atoms with Gasteiger partial charge in [-0.05, 0) is 38.9 Å². The minimum absolute atomic E-state index is 0.0972. The molecule has 2 fully saturated rings. The predicted octanol–water partition coefficient (Wildman–Crippen LogP) is 0.610. The maximum absolute atomic E-state index is 12.3. The third-order valence-corrected chi connectivity index (χ3v) is 6.75. The Hall–Kier alpha value is -0.620. The maximum atomic E-state index is 12.3. The fourth-order valence-corrected chi connectivity index (χ4v) is 4.98. The molecule has 2 aliphatic rings. The summed E-state index contributed by atoms with van der Waals surface area (Å²) >= 11 is 0. The SMILES string of the molecule is CC(C)CS(=O)(=O)C1CN(C(=O)C2CCN(C)CC2)C1. The van der Waals surface area contributed by atoms with E-state index in [2.05, 4.69) is 11.9 Å². The van der Waals surface area contributed by atoms with Crippen molar-refractivity contribution in [2.24, 2.45) is 11.8 Å². The zero-order chi connectivity index (χ0) is 14.9. The van der Waals surface area contributed by atoms with E-state index in [-0.39, 0.29) is 28.7 Å². The summed E-state index contributed by atoms with van der Waals surface area (Å²) in [6, 6.07) is 0. The number of rotatable bonds is 4. The van der Waals surface area contributed by atoms with E-state index in [1.54, 1.807) is 4.90 Å². The summed E-state index contributed by atoms with van der Waals surface area (Å²) in [7, 11) is -0.963. The molecule has 2 heterocycles. The fourth-order valence-electron chi connectivity index (χ4n) is 2.96.